The van der Waals surface area contributed by atoms with Gasteiger partial charge in [0.1, 0.15) is 0 Å². The molecule has 0 radical (unpaired) electrons. The van der Waals surface area contributed by atoms with E-state index in [0.717, 1.165) is 10.1 Å². The zero-order valence-corrected chi connectivity index (χ0v) is 13.4. The number of rotatable bonds is 5. The van der Waals surface area contributed by atoms with E-state index in [2.05, 4.69) is 4.74 Å². The lowest BCUT2D eigenvalue weighted by molar-refractivity contribution is -0.158. The Balaban J connectivity index is 2.66. The Morgan fingerprint density at radius 3 is 2.18 bits per heavy atom. The van der Waals surface area contributed by atoms with Crippen LogP contribution in [0.4, 0.5) is 0 Å². The molecule has 0 amide bonds. The molecule has 6 nitrogen and oxygen atoms in total. The van der Waals surface area contributed by atoms with Gasteiger partial charge in [0, 0.05) is 15.6 Å². The van der Waals surface area contributed by atoms with Crippen LogP contribution in [0, 0.1) is 0 Å². The van der Waals surface area contributed by atoms with Crippen LogP contribution >= 0.6 is 11.3 Å². The van der Waals surface area contributed by atoms with Crippen LogP contribution in [0.3, 0.4) is 0 Å². The monoisotopic (exact) mass is 324 g/mol. The van der Waals surface area contributed by atoms with Gasteiger partial charge in [-0.2, -0.15) is 0 Å². The summed E-state index contributed by atoms with van der Waals surface area (Å²) in [6, 6.07) is 5.16. The second-order valence-electron chi connectivity index (χ2n) is 4.78. The van der Waals surface area contributed by atoms with Crippen LogP contribution in [0.15, 0.2) is 18.2 Å². The van der Waals surface area contributed by atoms with E-state index in [1.165, 1.54) is 39.6 Å². The Bertz CT molecular complexity index is 694. The highest BCUT2D eigenvalue weighted by Crippen LogP contribution is 2.40. The van der Waals surface area contributed by atoms with E-state index in [-0.39, 0.29) is 0 Å². The van der Waals surface area contributed by atoms with Crippen LogP contribution in [0.1, 0.15) is 11.8 Å². The number of aliphatic carboxylic acids is 1. The van der Waals surface area contributed by atoms with Crippen molar-refractivity contribution >= 4 is 33.4 Å². The van der Waals surface area contributed by atoms with Gasteiger partial charge >= 0.3 is 11.9 Å². The molecule has 118 valence electrons. The molecule has 1 heterocycles. The molecule has 2 aromatic rings. The summed E-state index contributed by atoms with van der Waals surface area (Å²) in [4.78, 5) is 23.9. The minimum Gasteiger partial charge on any atom is -0.493 e. The molecule has 1 aromatic heterocycles. The number of esters is 1. The Kier molecular flexibility index (Phi) is 4.27. The maximum absolute atomic E-state index is 12.0. The third-order valence-corrected chi connectivity index (χ3v) is 4.86. The van der Waals surface area contributed by atoms with Crippen molar-refractivity contribution in [3.63, 3.8) is 0 Å². The third kappa shape index (κ3) is 2.37. The average molecular weight is 324 g/mol. The highest BCUT2D eigenvalue weighted by molar-refractivity contribution is 7.19. The number of carboxylic acids is 1. The summed E-state index contributed by atoms with van der Waals surface area (Å²) in [7, 11) is 4.21. The molecule has 1 unspecified atom stereocenters. The van der Waals surface area contributed by atoms with Crippen LogP contribution in [-0.4, -0.2) is 38.4 Å². The predicted octanol–water partition coefficient (Wildman–Crippen LogP) is 2.43. The summed E-state index contributed by atoms with van der Waals surface area (Å²) >= 11 is 1.21. The number of benzene rings is 1. The molecule has 1 atom stereocenters. The first-order valence-electron chi connectivity index (χ1n) is 6.36. The number of carboxylic acid groups (broad SMARTS) is 1. The van der Waals surface area contributed by atoms with E-state index < -0.39 is 17.4 Å². The van der Waals surface area contributed by atoms with Gasteiger partial charge < -0.3 is 19.3 Å². The Morgan fingerprint density at radius 1 is 1.09 bits per heavy atom. The Morgan fingerprint density at radius 2 is 1.68 bits per heavy atom. The van der Waals surface area contributed by atoms with Crippen LogP contribution in [0.5, 0.6) is 11.5 Å². The molecule has 0 aliphatic heterocycles. The fourth-order valence-electron chi connectivity index (χ4n) is 2.11. The van der Waals surface area contributed by atoms with Gasteiger partial charge in [-0.15, -0.1) is 11.3 Å². The molecule has 0 bridgehead atoms. The van der Waals surface area contributed by atoms with Crippen LogP contribution in [0.2, 0.25) is 0 Å². The van der Waals surface area contributed by atoms with Gasteiger partial charge in [-0.25, -0.2) is 0 Å². The van der Waals surface area contributed by atoms with Gasteiger partial charge in [0.05, 0.1) is 21.3 Å². The molecule has 1 aromatic carbocycles. The van der Waals surface area contributed by atoms with Crippen molar-refractivity contribution in [1.29, 1.82) is 0 Å². The number of hydrogen-bond acceptors (Lipinski definition) is 6. The van der Waals surface area contributed by atoms with E-state index in [0.29, 0.717) is 16.4 Å². The van der Waals surface area contributed by atoms with E-state index in [4.69, 9.17) is 9.47 Å². The lowest BCUT2D eigenvalue weighted by Crippen LogP contribution is -2.41. The molecule has 7 heteroatoms. The second kappa shape index (κ2) is 5.84. The number of carbonyl (C=O) groups is 2. The quantitative estimate of drug-likeness (QED) is 0.672. The summed E-state index contributed by atoms with van der Waals surface area (Å²) in [5.74, 6) is -0.997. The number of carbonyl (C=O) groups excluding carboxylic acids is 1. The number of thiophene rings is 1. The van der Waals surface area contributed by atoms with Crippen LogP contribution in [0.25, 0.3) is 10.1 Å². The molecule has 0 aliphatic carbocycles. The maximum Gasteiger partial charge on any atom is 0.328 e. The number of fused-ring (bicyclic) bond motifs is 1. The van der Waals surface area contributed by atoms with Crippen molar-refractivity contribution in [2.24, 2.45) is 0 Å². The van der Waals surface area contributed by atoms with Crippen molar-refractivity contribution in [2.75, 3.05) is 21.3 Å². The number of hydrogen-bond donors (Lipinski definition) is 1. The zero-order valence-electron chi connectivity index (χ0n) is 12.6. The van der Waals surface area contributed by atoms with Gasteiger partial charge in [-0.05, 0) is 24.4 Å². The lowest BCUT2D eigenvalue weighted by atomic mass is 9.89. The second-order valence-corrected chi connectivity index (χ2v) is 5.86. The molecule has 0 saturated carbocycles. The van der Waals surface area contributed by atoms with E-state index >= 15 is 0 Å². The van der Waals surface area contributed by atoms with Crippen molar-refractivity contribution in [3.05, 3.63) is 23.1 Å². The van der Waals surface area contributed by atoms with Gasteiger partial charge in [-0.1, -0.05) is 0 Å². The average Bonchev–Trinajstić information content (AvgIpc) is 2.94. The van der Waals surface area contributed by atoms with Gasteiger partial charge in [-0.3, -0.25) is 9.59 Å². The van der Waals surface area contributed by atoms with Gasteiger partial charge in [0.25, 0.3) is 0 Å². The molecule has 0 fully saturated rings. The minimum absolute atomic E-state index is 0.386. The maximum atomic E-state index is 12.0. The van der Waals surface area contributed by atoms with E-state index in [1.807, 2.05) is 0 Å². The van der Waals surface area contributed by atoms with Gasteiger partial charge in [0.2, 0.25) is 0 Å². The first-order valence-corrected chi connectivity index (χ1v) is 7.18. The van der Waals surface area contributed by atoms with Crippen LogP contribution in [-0.2, 0) is 19.7 Å². The summed E-state index contributed by atoms with van der Waals surface area (Å²) < 4.78 is 15.9. The predicted molar refractivity (Wildman–Crippen MR) is 81.9 cm³/mol. The molecule has 0 spiro atoms. The number of ether oxygens (including phenoxy) is 3. The molecular formula is C15H16O6S. The molecule has 1 N–H and O–H groups in total. The SMILES string of the molecule is COC(=O)C(C)(C(=O)O)c1cc2cc(OC)c(OC)cc2s1. The van der Waals surface area contributed by atoms with Crippen LogP contribution < -0.4 is 9.47 Å². The van der Waals surface area contributed by atoms with E-state index in [1.54, 1.807) is 18.2 Å². The normalized spacial score (nSPS) is 13.5. The van der Waals surface area contributed by atoms with Crippen molar-refractivity contribution in [1.82, 2.24) is 0 Å². The number of methoxy groups -OCH3 is 3. The first-order chi connectivity index (χ1) is 10.4. The van der Waals surface area contributed by atoms with Crippen molar-refractivity contribution in [3.8, 4) is 11.5 Å². The Hall–Kier alpha value is -2.28. The fraction of sp³-hybridized carbons (Fsp3) is 0.333. The summed E-state index contributed by atoms with van der Waals surface area (Å²) in [5, 5.41) is 10.2. The zero-order chi connectivity index (χ0) is 16.5. The fourth-order valence-corrected chi connectivity index (χ4v) is 3.31. The third-order valence-electron chi connectivity index (χ3n) is 3.54. The van der Waals surface area contributed by atoms with E-state index in [9.17, 15) is 14.7 Å². The largest absolute Gasteiger partial charge is 0.493 e. The molecule has 22 heavy (non-hydrogen) atoms. The first kappa shape index (κ1) is 16.1. The molecular weight excluding hydrogens is 308 g/mol. The highest BCUT2D eigenvalue weighted by atomic mass is 32.1. The van der Waals surface area contributed by atoms with Crippen molar-refractivity contribution in [2.45, 2.75) is 12.3 Å². The Labute approximate surface area is 131 Å². The lowest BCUT2D eigenvalue weighted by Gasteiger charge is -2.19. The van der Waals surface area contributed by atoms with Gasteiger partial charge in [0.15, 0.2) is 16.9 Å². The molecule has 0 saturated heterocycles. The topological polar surface area (TPSA) is 82.1 Å². The summed E-state index contributed by atoms with van der Waals surface area (Å²) in [5.41, 5.74) is -1.75. The highest BCUT2D eigenvalue weighted by Gasteiger charge is 2.46. The van der Waals surface area contributed by atoms with Crippen molar-refractivity contribution < 1.29 is 28.9 Å². The molecule has 0 aliphatic rings. The standard InChI is InChI=1S/C15H16O6S/c1-15(13(16)17,14(18)21-4)12-6-8-5-9(19-2)10(20-3)7-11(8)22-12/h5-7H,1-4H3,(H,16,17). The minimum atomic E-state index is -1.75. The summed E-state index contributed by atoms with van der Waals surface area (Å²) in [6.07, 6.45) is 0. The molecule has 2 rings (SSSR count). The smallest absolute Gasteiger partial charge is 0.328 e. The summed E-state index contributed by atoms with van der Waals surface area (Å²) in [6.45, 7) is 1.33.